The highest BCUT2D eigenvalue weighted by Crippen LogP contribution is 2.31. The van der Waals surface area contributed by atoms with Gasteiger partial charge >= 0.3 is 0 Å². The number of hydrogen-bond acceptors (Lipinski definition) is 7. The van der Waals surface area contributed by atoms with Crippen LogP contribution in [0.5, 0.6) is 0 Å². The Morgan fingerprint density at radius 1 is 0.909 bits per heavy atom. The van der Waals surface area contributed by atoms with Crippen LogP contribution in [0.15, 0.2) is 90.1 Å². The van der Waals surface area contributed by atoms with Gasteiger partial charge in [-0.15, -0.1) is 10.2 Å². The molecule has 4 aromatic rings. The molecule has 1 aromatic heterocycles. The van der Waals surface area contributed by atoms with Gasteiger partial charge in [0.1, 0.15) is 11.4 Å². The molecule has 0 aliphatic carbocycles. The number of non-ortho nitro benzene ring substituents is 1. The van der Waals surface area contributed by atoms with Crippen LogP contribution in [0.25, 0.3) is 22.5 Å². The van der Waals surface area contributed by atoms with Crippen molar-refractivity contribution in [1.29, 1.82) is 0 Å². The quantitative estimate of drug-likeness (QED) is 0.230. The Hall–Kier alpha value is -4.11. The maximum absolute atomic E-state index is 12.7. The van der Waals surface area contributed by atoms with Gasteiger partial charge in [-0.2, -0.15) is 0 Å². The van der Waals surface area contributed by atoms with E-state index in [4.69, 9.17) is 4.98 Å². The molecule has 0 fully saturated rings. The average Bonchev–Trinajstić information content (AvgIpc) is 2.85. The summed E-state index contributed by atoms with van der Waals surface area (Å²) >= 11 is 1.16. The van der Waals surface area contributed by atoms with Crippen LogP contribution in [-0.2, 0) is 4.79 Å². The number of hydrogen-bond donors (Lipinski definition) is 1. The third-order valence-corrected chi connectivity index (χ3v) is 5.69. The van der Waals surface area contributed by atoms with Crippen molar-refractivity contribution in [1.82, 2.24) is 15.2 Å². The third kappa shape index (κ3) is 5.39. The van der Waals surface area contributed by atoms with E-state index in [1.54, 1.807) is 13.0 Å². The number of amides is 1. The predicted molar refractivity (Wildman–Crippen MR) is 128 cm³/mol. The summed E-state index contributed by atoms with van der Waals surface area (Å²) in [6.45, 7) is 1.72. The summed E-state index contributed by atoms with van der Waals surface area (Å²) in [5.74, 6) is -0.322. The summed E-state index contributed by atoms with van der Waals surface area (Å²) in [6, 6.07) is 25.1. The van der Waals surface area contributed by atoms with Crippen LogP contribution in [0.3, 0.4) is 0 Å². The number of rotatable bonds is 7. The van der Waals surface area contributed by atoms with E-state index in [1.807, 2.05) is 60.7 Å². The second-order valence-corrected chi connectivity index (χ2v) is 8.39. The molecule has 33 heavy (non-hydrogen) atoms. The summed E-state index contributed by atoms with van der Waals surface area (Å²) in [5, 5.41) is 22.1. The first kappa shape index (κ1) is 22.1. The van der Waals surface area contributed by atoms with Gasteiger partial charge in [-0.3, -0.25) is 14.9 Å². The Morgan fingerprint density at radius 3 is 2.18 bits per heavy atom. The summed E-state index contributed by atoms with van der Waals surface area (Å²) in [6.07, 6.45) is 0. The van der Waals surface area contributed by atoms with Crippen LogP contribution in [-0.4, -0.2) is 31.3 Å². The minimum atomic E-state index is -0.558. The summed E-state index contributed by atoms with van der Waals surface area (Å²) in [4.78, 5) is 27.8. The maximum atomic E-state index is 12.7. The highest BCUT2D eigenvalue weighted by molar-refractivity contribution is 8.00. The van der Waals surface area contributed by atoms with Crippen molar-refractivity contribution >= 4 is 29.0 Å². The third-order valence-electron chi connectivity index (χ3n) is 4.74. The second-order valence-electron chi connectivity index (χ2n) is 7.08. The molecule has 4 rings (SSSR count). The molecule has 8 nitrogen and oxygen atoms in total. The molecular formula is C24H19N5O3S. The highest BCUT2D eigenvalue weighted by atomic mass is 32.2. The minimum Gasteiger partial charge on any atom is -0.325 e. The van der Waals surface area contributed by atoms with Crippen LogP contribution in [0.2, 0.25) is 0 Å². The smallest absolute Gasteiger partial charge is 0.271 e. The van der Waals surface area contributed by atoms with Crippen molar-refractivity contribution in [3.63, 3.8) is 0 Å². The number of thioether (sulfide) groups is 1. The van der Waals surface area contributed by atoms with Gasteiger partial charge in [-0.25, -0.2) is 4.98 Å². The molecule has 1 unspecified atom stereocenters. The average molecular weight is 458 g/mol. The predicted octanol–water partition coefficient (Wildman–Crippen LogP) is 5.23. The number of nitrogens with zero attached hydrogens (tertiary/aromatic N) is 4. The van der Waals surface area contributed by atoms with Crippen LogP contribution in [0.1, 0.15) is 6.92 Å². The monoisotopic (exact) mass is 457 g/mol. The number of aromatic nitrogens is 3. The number of carbonyl (C=O) groups is 1. The molecule has 9 heteroatoms. The standard InChI is InChI=1S/C24H19N5O3S/c1-16(23(30)25-19-13-8-14-20(15-19)29(31)32)33-24-26-21(17-9-4-2-5-10-17)22(27-28-24)18-11-6-3-7-12-18/h2-16H,1H3,(H,25,30). The summed E-state index contributed by atoms with van der Waals surface area (Å²) < 4.78 is 0. The van der Waals surface area contributed by atoms with E-state index in [0.717, 1.165) is 22.9 Å². The molecule has 0 saturated carbocycles. The lowest BCUT2D eigenvalue weighted by atomic mass is 10.0. The first-order valence-corrected chi connectivity index (χ1v) is 11.0. The first-order chi connectivity index (χ1) is 16.0. The molecule has 3 aromatic carbocycles. The van der Waals surface area contributed by atoms with E-state index in [9.17, 15) is 14.9 Å². The fraction of sp³-hybridized carbons (Fsp3) is 0.0833. The Morgan fingerprint density at radius 2 is 1.55 bits per heavy atom. The zero-order valence-corrected chi connectivity index (χ0v) is 18.4. The number of anilines is 1. The van der Waals surface area contributed by atoms with Gasteiger partial charge in [-0.05, 0) is 13.0 Å². The van der Waals surface area contributed by atoms with Gasteiger partial charge in [-0.1, -0.05) is 78.5 Å². The molecule has 1 atom stereocenters. The van der Waals surface area contributed by atoms with Crippen molar-refractivity contribution < 1.29 is 9.72 Å². The largest absolute Gasteiger partial charge is 0.325 e. The van der Waals surface area contributed by atoms with Gasteiger partial charge in [0.05, 0.1) is 10.2 Å². The molecule has 0 bridgehead atoms. The zero-order valence-electron chi connectivity index (χ0n) is 17.6. The van der Waals surface area contributed by atoms with E-state index in [1.165, 1.54) is 18.2 Å². The fourth-order valence-corrected chi connectivity index (χ4v) is 3.82. The van der Waals surface area contributed by atoms with E-state index in [2.05, 4.69) is 15.5 Å². The van der Waals surface area contributed by atoms with Gasteiger partial charge in [0.25, 0.3) is 5.69 Å². The second kappa shape index (κ2) is 10.0. The molecule has 0 saturated heterocycles. The molecule has 0 aliphatic heterocycles. The SMILES string of the molecule is CC(Sc1nnc(-c2ccccc2)c(-c2ccccc2)n1)C(=O)Nc1cccc([N+](=O)[O-])c1. The molecule has 1 N–H and O–H groups in total. The number of benzene rings is 3. The minimum absolute atomic E-state index is 0.0929. The molecule has 0 spiro atoms. The Bertz CT molecular complexity index is 1290. The van der Waals surface area contributed by atoms with Crippen LogP contribution < -0.4 is 5.32 Å². The maximum Gasteiger partial charge on any atom is 0.271 e. The molecule has 1 heterocycles. The van der Waals surface area contributed by atoms with E-state index >= 15 is 0 Å². The number of nitro groups is 1. The van der Waals surface area contributed by atoms with Gasteiger partial charge < -0.3 is 5.32 Å². The Labute approximate surface area is 194 Å². The summed E-state index contributed by atoms with van der Waals surface area (Å²) in [7, 11) is 0. The number of nitro benzene ring substituents is 1. The van der Waals surface area contributed by atoms with Gasteiger partial charge in [0, 0.05) is 28.9 Å². The normalized spacial score (nSPS) is 11.5. The molecule has 0 aliphatic rings. The lowest BCUT2D eigenvalue weighted by molar-refractivity contribution is -0.384. The molecule has 164 valence electrons. The van der Waals surface area contributed by atoms with Crippen molar-refractivity contribution in [2.24, 2.45) is 0 Å². The lowest BCUT2D eigenvalue weighted by Gasteiger charge is -2.13. The highest BCUT2D eigenvalue weighted by Gasteiger charge is 2.20. The number of nitrogens with one attached hydrogen (secondary N) is 1. The number of carbonyl (C=O) groups excluding carboxylic acids is 1. The zero-order chi connectivity index (χ0) is 23.2. The van der Waals surface area contributed by atoms with Crippen LogP contribution in [0, 0.1) is 10.1 Å². The van der Waals surface area contributed by atoms with Crippen molar-refractivity contribution in [3.8, 4) is 22.5 Å². The molecule has 0 radical (unpaired) electrons. The van der Waals surface area contributed by atoms with Gasteiger partial charge in [0.2, 0.25) is 11.1 Å². The van der Waals surface area contributed by atoms with Crippen molar-refractivity contribution in [2.45, 2.75) is 17.3 Å². The fourth-order valence-electron chi connectivity index (χ4n) is 3.10. The van der Waals surface area contributed by atoms with Crippen LogP contribution >= 0.6 is 11.8 Å². The summed E-state index contributed by atoms with van der Waals surface area (Å²) in [5.41, 5.74) is 3.37. The van der Waals surface area contributed by atoms with Gasteiger partial charge in [0.15, 0.2) is 0 Å². The molecular weight excluding hydrogens is 438 g/mol. The van der Waals surface area contributed by atoms with Crippen molar-refractivity contribution in [3.05, 3.63) is 95.0 Å². The van der Waals surface area contributed by atoms with Crippen molar-refractivity contribution in [2.75, 3.05) is 5.32 Å². The molecule has 1 amide bonds. The van der Waals surface area contributed by atoms with Crippen LogP contribution in [0.4, 0.5) is 11.4 Å². The Balaban J connectivity index is 1.57. The first-order valence-electron chi connectivity index (χ1n) is 10.1. The van der Waals surface area contributed by atoms with E-state index in [-0.39, 0.29) is 11.6 Å². The van der Waals surface area contributed by atoms with E-state index in [0.29, 0.717) is 22.2 Å². The lowest BCUT2D eigenvalue weighted by Crippen LogP contribution is -2.22. The van der Waals surface area contributed by atoms with E-state index < -0.39 is 10.2 Å². The Kier molecular flexibility index (Phi) is 6.70. The topological polar surface area (TPSA) is 111 Å².